The van der Waals surface area contributed by atoms with Gasteiger partial charge in [0.1, 0.15) is 11.5 Å². The van der Waals surface area contributed by atoms with Crippen molar-refractivity contribution in [1.82, 2.24) is 15.1 Å². The quantitative estimate of drug-likeness (QED) is 0.545. The lowest BCUT2D eigenvalue weighted by Gasteiger charge is -2.15. The fraction of sp³-hybridized carbons (Fsp3) is 0.227. The van der Waals surface area contributed by atoms with Crippen LogP contribution in [0.3, 0.4) is 0 Å². The fourth-order valence-corrected chi connectivity index (χ4v) is 4.20. The number of hydrogen-bond acceptors (Lipinski definition) is 6. The van der Waals surface area contributed by atoms with Gasteiger partial charge in [-0.15, -0.1) is 0 Å². The van der Waals surface area contributed by atoms with Crippen LogP contribution in [0.5, 0.6) is 0 Å². The number of aromatic nitrogens is 2. The number of nitrogens with one attached hydrogen (secondary N) is 1. The third-order valence-electron chi connectivity index (χ3n) is 4.87. The lowest BCUT2D eigenvalue weighted by molar-refractivity contribution is -0.137. The van der Waals surface area contributed by atoms with Crippen molar-refractivity contribution in [1.29, 1.82) is 0 Å². The molecule has 0 unspecified atom stereocenters. The first-order valence-electron chi connectivity index (χ1n) is 9.61. The lowest BCUT2D eigenvalue weighted by atomic mass is 10.1. The molecule has 1 amide bonds. The number of aryl methyl sites for hydroxylation is 1. The van der Waals surface area contributed by atoms with Crippen molar-refractivity contribution in [3.63, 3.8) is 0 Å². The Bertz CT molecular complexity index is 1240. The second-order valence-electron chi connectivity index (χ2n) is 7.14. The Labute approximate surface area is 184 Å². The van der Waals surface area contributed by atoms with Crippen LogP contribution in [0.15, 0.2) is 59.5 Å². The molecule has 1 aromatic heterocycles. The van der Waals surface area contributed by atoms with Crippen molar-refractivity contribution >= 4 is 21.7 Å². The van der Waals surface area contributed by atoms with Crippen molar-refractivity contribution in [3.05, 3.63) is 71.7 Å². The maximum absolute atomic E-state index is 13.1. The number of esters is 1. The van der Waals surface area contributed by atoms with Gasteiger partial charge in [-0.1, -0.05) is 12.1 Å². The smallest absolute Gasteiger partial charge is 0.321 e. The van der Waals surface area contributed by atoms with Gasteiger partial charge in [0.2, 0.25) is 0 Å². The summed E-state index contributed by atoms with van der Waals surface area (Å²) in [4.78, 5) is 24.0. The first kappa shape index (κ1) is 23.1. The van der Waals surface area contributed by atoms with Crippen molar-refractivity contribution in [3.8, 4) is 11.3 Å². The van der Waals surface area contributed by atoms with Crippen LogP contribution in [0.25, 0.3) is 11.3 Å². The number of benzene rings is 2. The van der Waals surface area contributed by atoms with E-state index >= 15 is 0 Å². The lowest BCUT2D eigenvalue weighted by Crippen LogP contribution is -2.28. The zero-order chi connectivity index (χ0) is 23.5. The summed E-state index contributed by atoms with van der Waals surface area (Å²) in [6, 6.07) is 12.9. The molecule has 0 fully saturated rings. The Hall–Kier alpha value is -3.53. The third-order valence-corrected chi connectivity index (χ3v) is 6.48. The first-order valence-corrected chi connectivity index (χ1v) is 11.3. The number of carbonyl (C=O) groups is 2. The van der Waals surface area contributed by atoms with Crippen LogP contribution in [0.2, 0.25) is 0 Å². The predicted molar refractivity (Wildman–Crippen MR) is 115 cm³/mol. The van der Waals surface area contributed by atoms with Gasteiger partial charge >= 0.3 is 5.97 Å². The molecule has 0 aliphatic rings. The predicted octanol–water partition coefficient (Wildman–Crippen LogP) is 2.66. The van der Waals surface area contributed by atoms with E-state index in [9.17, 15) is 22.4 Å². The number of sulfone groups is 1. The summed E-state index contributed by atoms with van der Waals surface area (Å²) in [6.45, 7) is 1.76. The minimum atomic E-state index is -3.81. The largest absolute Gasteiger partial charge is 0.468 e. The molecule has 0 saturated heterocycles. The van der Waals surface area contributed by atoms with E-state index < -0.39 is 27.6 Å². The summed E-state index contributed by atoms with van der Waals surface area (Å²) in [5.41, 5.74) is 2.20. The number of halogens is 1. The van der Waals surface area contributed by atoms with Gasteiger partial charge in [-0.2, -0.15) is 5.10 Å². The maximum Gasteiger partial charge on any atom is 0.321 e. The monoisotopic (exact) mass is 459 g/mol. The fourth-order valence-electron chi connectivity index (χ4n) is 3.06. The molecule has 0 aliphatic carbocycles. The maximum atomic E-state index is 13.1. The van der Waals surface area contributed by atoms with Crippen LogP contribution in [-0.2, 0) is 26.4 Å². The molecular formula is C22H22FN3O5S. The van der Waals surface area contributed by atoms with Crippen molar-refractivity contribution in [2.75, 3.05) is 12.9 Å². The highest BCUT2D eigenvalue weighted by atomic mass is 32.2. The molecular weight excluding hydrogens is 437 g/mol. The average Bonchev–Trinajstić information content (AvgIpc) is 3.15. The molecule has 10 heteroatoms. The number of hydrogen-bond donors (Lipinski definition) is 1. The molecule has 0 bridgehead atoms. The van der Waals surface area contributed by atoms with Gasteiger partial charge in [0.25, 0.3) is 5.91 Å². The molecule has 0 radical (unpaired) electrons. The van der Waals surface area contributed by atoms with Crippen LogP contribution >= 0.6 is 0 Å². The number of methoxy groups -OCH3 is 1. The summed E-state index contributed by atoms with van der Waals surface area (Å²) in [6.07, 6.45) is 0. The highest BCUT2D eigenvalue weighted by Gasteiger charge is 2.21. The van der Waals surface area contributed by atoms with Crippen LogP contribution in [0.4, 0.5) is 4.39 Å². The van der Waals surface area contributed by atoms with Gasteiger partial charge in [-0.25, -0.2) is 12.8 Å². The number of rotatable bonds is 7. The molecule has 1 N–H and O–H groups in total. The topological polar surface area (TPSA) is 107 Å². The van der Waals surface area contributed by atoms with Crippen molar-refractivity contribution < 1.29 is 27.1 Å². The summed E-state index contributed by atoms with van der Waals surface area (Å²) in [5, 5.41) is 7.15. The van der Waals surface area contributed by atoms with E-state index in [1.807, 2.05) is 0 Å². The first-order chi connectivity index (χ1) is 15.1. The number of nitrogens with zero attached hydrogens (tertiary/aromatic N) is 2. The van der Waals surface area contributed by atoms with E-state index in [1.165, 1.54) is 28.9 Å². The van der Waals surface area contributed by atoms with E-state index in [0.29, 0.717) is 22.5 Å². The van der Waals surface area contributed by atoms with E-state index in [2.05, 4.69) is 15.2 Å². The molecule has 0 spiro atoms. The Balaban J connectivity index is 1.72. The summed E-state index contributed by atoms with van der Waals surface area (Å²) < 4.78 is 43.4. The second-order valence-corrected chi connectivity index (χ2v) is 9.13. The molecule has 32 heavy (non-hydrogen) atoms. The summed E-state index contributed by atoms with van der Waals surface area (Å²) in [5.74, 6) is -2.32. The summed E-state index contributed by atoms with van der Waals surface area (Å²) in [7, 11) is -1.06. The Kier molecular flexibility index (Phi) is 6.73. The Morgan fingerprint density at radius 2 is 1.75 bits per heavy atom. The van der Waals surface area contributed by atoms with Crippen LogP contribution in [0, 0.1) is 5.82 Å². The SMILES string of the molecule is COC(=O)CS(=O)(=O)c1ccc([C@@H](C)NC(=O)c2cc(-c3ccc(F)cc3)nn2C)cc1. The molecule has 8 nitrogen and oxygen atoms in total. The normalized spacial score (nSPS) is 12.2. The van der Waals surface area contributed by atoms with Crippen LogP contribution in [0.1, 0.15) is 29.0 Å². The molecule has 0 aliphatic heterocycles. The molecule has 0 saturated carbocycles. The minimum Gasteiger partial charge on any atom is -0.468 e. The zero-order valence-corrected chi connectivity index (χ0v) is 18.5. The van der Waals surface area contributed by atoms with E-state index in [0.717, 1.165) is 7.11 Å². The molecule has 2 aromatic carbocycles. The van der Waals surface area contributed by atoms with Gasteiger partial charge in [-0.3, -0.25) is 14.3 Å². The molecule has 1 atom stereocenters. The van der Waals surface area contributed by atoms with Gasteiger partial charge in [0, 0.05) is 12.6 Å². The second kappa shape index (κ2) is 9.31. The van der Waals surface area contributed by atoms with E-state index in [-0.39, 0.29) is 16.6 Å². The summed E-state index contributed by atoms with van der Waals surface area (Å²) >= 11 is 0. The van der Waals surface area contributed by atoms with Crippen molar-refractivity contribution in [2.45, 2.75) is 17.9 Å². The average molecular weight is 459 g/mol. The number of ether oxygens (including phenoxy) is 1. The van der Waals surface area contributed by atoms with Crippen LogP contribution in [-0.4, -0.2) is 42.9 Å². The standard InChI is InChI=1S/C22H22FN3O5S/c1-14(15-6-10-18(11-7-15)32(29,30)13-21(27)31-3)24-22(28)20-12-19(25-26(20)2)16-4-8-17(23)9-5-16/h4-12,14H,13H2,1-3H3,(H,24,28)/t14-/m1/s1. The molecule has 1 heterocycles. The Morgan fingerprint density at radius 3 is 2.34 bits per heavy atom. The molecule has 168 valence electrons. The highest BCUT2D eigenvalue weighted by molar-refractivity contribution is 7.92. The van der Waals surface area contributed by atoms with Crippen molar-refractivity contribution in [2.24, 2.45) is 7.05 Å². The number of carbonyl (C=O) groups excluding carboxylic acids is 2. The molecule has 3 rings (SSSR count). The van der Waals surface area contributed by atoms with Gasteiger partial charge in [-0.05, 0) is 55.0 Å². The highest BCUT2D eigenvalue weighted by Crippen LogP contribution is 2.21. The Morgan fingerprint density at radius 1 is 1.12 bits per heavy atom. The minimum absolute atomic E-state index is 0.0132. The van der Waals surface area contributed by atoms with Gasteiger partial charge in [0.15, 0.2) is 15.6 Å². The third kappa shape index (κ3) is 5.20. The number of amides is 1. The molecule has 3 aromatic rings. The van der Waals surface area contributed by atoms with Crippen LogP contribution < -0.4 is 5.32 Å². The van der Waals surface area contributed by atoms with E-state index in [1.54, 1.807) is 44.3 Å². The zero-order valence-electron chi connectivity index (χ0n) is 17.7. The van der Waals surface area contributed by atoms with Gasteiger partial charge < -0.3 is 10.1 Å². The van der Waals surface area contributed by atoms with E-state index in [4.69, 9.17) is 0 Å². The van der Waals surface area contributed by atoms with Gasteiger partial charge in [0.05, 0.1) is 23.7 Å².